The Labute approximate surface area is 145 Å². The van der Waals surface area contributed by atoms with Gasteiger partial charge in [-0.25, -0.2) is 0 Å². The molecule has 1 saturated heterocycles. The number of unbranched alkanes of at least 4 members (excludes halogenated alkanes) is 3. The minimum absolute atomic E-state index is 0.115. The van der Waals surface area contributed by atoms with E-state index in [0.29, 0.717) is 13.0 Å². The number of ether oxygens (including phenoxy) is 1. The van der Waals surface area contributed by atoms with E-state index in [4.69, 9.17) is 4.74 Å². The number of β-lactam (4-membered cyclic amide) rings is 1. The maximum atomic E-state index is 11.8. The van der Waals surface area contributed by atoms with Crippen LogP contribution in [0.1, 0.15) is 58.4 Å². The molecule has 1 aromatic rings. The van der Waals surface area contributed by atoms with Crippen molar-refractivity contribution in [3.63, 3.8) is 0 Å². The minimum Gasteiger partial charge on any atom is -0.491 e. The summed E-state index contributed by atoms with van der Waals surface area (Å²) in [5, 5.41) is 9.42. The molecule has 1 heterocycles. The van der Waals surface area contributed by atoms with Crippen LogP contribution in [-0.2, 0) is 10.2 Å². The lowest BCUT2D eigenvalue weighted by molar-refractivity contribution is -0.147. The van der Waals surface area contributed by atoms with Gasteiger partial charge in [0.2, 0.25) is 5.91 Å². The molecule has 0 saturated carbocycles. The van der Waals surface area contributed by atoms with Crippen LogP contribution in [0.3, 0.4) is 0 Å². The summed E-state index contributed by atoms with van der Waals surface area (Å²) in [5.74, 6) is 1.07. The molecule has 0 aliphatic carbocycles. The molecule has 1 fully saturated rings. The van der Waals surface area contributed by atoms with Crippen molar-refractivity contribution in [2.75, 3.05) is 19.8 Å². The van der Waals surface area contributed by atoms with Gasteiger partial charge in [-0.2, -0.15) is 0 Å². The first-order valence-corrected chi connectivity index (χ1v) is 9.11. The summed E-state index contributed by atoms with van der Waals surface area (Å²) >= 11 is 0. The van der Waals surface area contributed by atoms with Gasteiger partial charge in [0.1, 0.15) is 12.4 Å². The van der Waals surface area contributed by atoms with Crippen molar-refractivity contribution < 1.29 is 14.6 Å². The molecule has 1 atom stereocenters. The third-order valence-corrected chi connectivity index (χ3v) is 4.90. The normalized spacial score (nSPS) is 17.8. The van der Waals surface area contributed by atoms with Gasteiger partial charge in [0.05, 0.1) is 19.1 Å². The largest absolute Gasteiger partial charge is 0.491 e. The van der Waals surface area contributed by atoms with Crippen LogP contribution in [0.5, 0.6) is 5.75 Å². The summed E-state index contributed by atoms with van der Waals surface area (Å²) in [6.07, 6.45) is 5.32. The molecule has 4 heteroatoms. The fourth-order valence-corrected chi connectivity index (χ4v) is 2.97. The third-order valence-electron chi connectivity index (χ3n) is 4.90. The summed E-state index contributed by atoms with van der Waals surface area (Å²) < 4.78 is 5.86. The molecule has 0 radical (unpaired) electrons. The molecule has 1 aliphatic heterocycles. The van der Waals surface area contributed by atoms with Crippen LogP contribution in [0.15, 0.2) is 24.3 Å². The van der Waals surface area contributed by atoms with Crippen molar-refractivity contribution in [1.29, 1.82) is 0 Å². The molecule has 0 aromatic heterocycles. The Bertz CT molecular complexity index is 524. The highest BCUT2D eigenvalue weighted by atomic mass is 16.5. The van der Waals surface area contributed by atoms with Crippen LogP contribution in [0.4, 0.5) is 0 Å². The van der Waals surface area contributed by atoms with Crippen LogP contribution >= 0.6 is 0 Å². The fourth-order valence-electron chi connectivity index (χ4n) is 2.97. The zero-order valence-corrected chi connectivity index (χ0v) is 15.3. The van der Waals surface area contributed by atoms with E-state index in [1.54, 1.807) is 0 Å². The molecule has 134 valence electrons. The monoisotopic (exact) mass is 333 g/mol. The summed E-state index contributed by atoms with van der Waals surface area (Å²) in [4.78, 5) is 13.7. The van der Waals surface area contributed by atoms with E-state index < -0.39 is 0 Å². The zero-order chi connectivity index (χ0) is 17.6. The molecular formula is C20H31NO3. The first-order chi connectivity index (χ1) is 11.5. The van der Waals surface area contributed by atoms with E-state index in [0.717, 1.165) is 24.3 Å². The molecule has 4 nitrogen and oxygen atoms in total. The number of amides is 1. The van der Waals surface area contributed by atoms with Gasteiger partial charge in [0.25, 0.3) is 0 Å². The van der Waals surface area contributed by atoms with Crippen LogP contribution in [0, 0.1) is 0 Å². The Kier molecular flexibility index (Phi) is 6.67. The molecule has 1 aromatic carbocycles. The zero-order valence-electron chi connectivity index (χ0n) is 15.3. The van der Waals surface area contributed by atoms with E-state index in [9.17, 15) is 9.90 Å². The van der Waals surface area contributed by atoms with E-state index in [1.807, 2.05) is 43.0 Å². The summed E-state index contributed by atoms with van der Waals surface area (Å²) in [6, 6.07) is 8.10. The van der Waals surface area contributed by atoms with Gasteiger partial charge >= 0.3 is 0 Å². The van der Waals surface area contributed by atoms with Crippen molar-refractivity contribution in [1.82, 2.24) is 4.90 Å². The lowest BCUT2D eigenvalue weighted by atomic mass is 9.86. The predicted molar refractivity (Wildman–Crippen MR) is 96.3 cm³/mol. The molecule has 0 unspecified atom stereocenters. The Morgan fingerprint density at radius 1 is 1.21 bits per heavy atom. The molecule has 2 rings (SSSR count). The first-order valence-electron chi connectivity index (χ1n) is 9.11. The first kappa shape index (κ1) is 18.8. The minimum atomic E-state index is -0.242. The number of aliphatic hydroxyl groups is 1. The quantitative estimate of drug-likeness (QED) is 0.526. The molecule has 1 amide bonds. The van der Waals surface area contributed by atoms with E-state index in [2.05, 4.69) is 6.92 Å². The van der Waals surface area contributed by atoms with Gasteiger partial charge in [-0.05, 0) is 24.1 Å². The average molecular weight is 333 g/mol. The highest BCUT2D eigenvalue weighted by Crippen LogP contribution is 2.26. The Morgan fingerprint density at radius 2 is 1.92 bits per heavy atom. The van der Waals surface area contributed by atoms with Gasteiger partial charge in [-0.1, -0.05) is 52.2 Å². The lowest BCUT2D eigenvalue weighted by Gasteiger charge is -2.40. The maximum absolute atomic E-state index is 11.8. The van der Waals surface area contributed by atoms with Crippen LogP contribution in [0.2, 0.25) is 0 Å². The second-order valence-corrected chi connectivity index (χ2v) is 7.38. The number of benzene rings is 1. The van der Waals surface area contributed by atoms with Gasteiger partial charge in [0, 0.05) is 12.0 Å². The van der Waals surface area contributed by atoms with Crippen molar-refractivity contribution in [2.24, 2.45) is 0 Å². The van der Waals surface area contributed by atoms with Crippen molar-refractivity contribution >= 4 is 5.91 Å². The lowest BCUT2D eigenvalue weighted by Crippen LogP contribution is -2.55. The molecule has 0 spiro atoms. The number of rotatable bonds is 10. The molecule has 0 bridgehead atoms. The number of likely N-dealkylation sites (tertiary alicyclic amines) is 1. The Morgan fingerprint density at radius 3 is 2.50 bits per heavy atom. The molecule has 24 heavy (non-hydrogen) atoms. The van der Waals surface area contributed by atoms with E-state index in [1.165, 1.54) is 19.3 Å². The number of carbonyl (C=O) groups excluding carboxylic acids is 1. The van der Waals surface area contributed by atoms with Crippen LogP contribution < -0.4 is 4.74 Å². The van der Waals surface area contributed by atoms with Gasteiger partial charge in [-0.3, -0.25) is 4.79 Å². The smallest absolute Gasteiger partial charge is 0.225 e. The van der Waals surface area contributed by atoms with E-state index in [-0.39, 0.29) is 24.0 Å². The average Bonchev–Trinajstić information content (AvgIpc) is 2.58. The molecule has 1 aliphatic rings. The second kappa shape index (κ2) is 8.52. The van der Waals surface area contributed by atoms with Crippen molar-refractivity contribution in [3.8, 4) is 5.75 Å². The fraction of sp³-hybridized carbons (Fsp3) is 0.650. The topological polar surface area (TPSA) is 49.8 Å². The van der Waals surface area contributed by atoms with Crippen molar-refractivity contribution in [3.05, 3.63) is 29.8 Å². The number of hydrogen-bond donors (Lipinski definition) is 1. The predicted octanol–water partition coefficient (Wildman–Crippen LogP) is 3.52. The van der Waals surface area contributed by atoms with Gasteiger partial charge in [-0.15, -0.1) is 0 Å². The van der Waals surface area contributed by atoms with Crippen LogP contribution in [0.25, 0.3) is 0 Å². The highest BCUT2D eigenvalue weighted by Gasteiger charge is 2.35. The van der Waals surface area contributed by atoms with Gasteiger partial charge in [0.15, 0.2) is 0 Å². The molecule has 1 N–H and O–H groups in total. The van der Waals surface area contributed by atoms with Crippen LogP contribution in [-0.4, -0.2) is 41.7 Å². The number of aliphatic hydroxyl groups excluding tert-OH is 1. The standard InChI is InChI=1S/C20H31NO3/c1-4-5-6-7-12-21-17(13-19(21)23)14-24-18-10-8-16(9-11-18)20(2,3)15-22/h8-11,17,22H,4-7,12-15H2,1-3H3/t17-/m1/s1. The van der Waals surface area contributed by atoms with Gasteiger partial charge < -0.3 is 14.7 Å². The highest BCUT2D eigenvalue weighted by molar-refractivity contribution is 5.83. The molecular weight excluding hydrogens is 302 g/mol. The third kappa shape index (κ3) is 4.73. The number of nitrogens with zero attached hydrogens (tertiary/aromatic N) is 1. The number of carbonyl (C=O) groups is 1. The maximum Gasteiger partial charge on any atom is 0.225 e. The Hall–Kier alpha value is -1.55. The second-order valence-electron chi connectivity index (χ2n) is 7.38. The Balaban J connectivity index is 1.79. The summed E-state index contributed by atoms with van der Waals surface area (Å²) in [5.41, 5.74) is 0.850. The SMILES string of the molecule is CCCCCCN1C(=O)C[C@@H]1COc1ccc(C(C)(C)CO)cc1. The number of hydrogen-bond acceptors (Lipinski definition) is 3. The van der Waals surface area contributed by atoms with Crippen molar-refractivity contribution in [2.45, 2.75) is 64.3 Å². The van der Waals surface area contributed by atoms with E-state index >= 15 is 0 Å². The summed E-state index contributed by atoms with van der Waals surface area (Å²) in [6.45, 7) is 7.75. The summed E-state index contributed by atoms with van der Waals surface area (Å²) in [7, 11) is 0.